The van der Waals surface area contributed by atoms with E-state index in [1.54, 1.807) is 14.2 Å². The minimum Gasteiger partial charge on any atom is -0.378 e. The second-order valence-corrected chi connectivity index (χ2v) is 6.37. The van der Waals surface area contributed by atoms with Crippen LogP contribution in [0.1, 0.15) is 11.8 Å². The molecule has 2 aromatic rings. The van der Waals surface area contributed by atoms with E-state index < -0.39 is 35.8 Å². The first-order chi connectivity index (χ1) is 13.1. The van der Waals surface area contributed by atoms with Crippen molar-refractivity contribution in [2.24, 2.45) is 0 Å². The fraction of sp³-hybridized carbons (Fsp3) is 0.474. The van der Waals surface area contributed by atoms with Crippen molar-refractivity contribution >= 4 is 0 Å². The average Bonchev–Trinajstić information content (AvgIpc) is 3.05. The normalized spacial score (nSPS) is 26.2. The minimum atomic E-state index is -0.747. The van der Waals surface area contributed by atoms with Gasteiger partial charge in [0.2, 0.25) is 0 Å². The number of nitrogens with zero attached hydrogens (tertiary/aromatic N) is 1. The molecular formula is C19H24N2O6. The predicted octanol–water partition coefficient (Wildman–Crippen LogP) is 0.722. The second-order valence-electron chi connectivity index (χ2n) is 6.37. The Balaban J connectivity index is 1.90. The Morgan fingerprint density at radius 2 is 1.78 bits per heavy atom. The Morgan fingerprint density at radius 3 is 2.37 bits per heavy atom. The molecule has 8 nitrogen and oxygen atoms in total. The lowest BCUT2D eigenvalue weighted by Crippen LogP contribution is -2.43. The van der Waals surface area contributed by atoms with Crippen LogP contribution in [0.2, 0.25) is 0 Å². The van der Waals surface area contributed by atoms with Gasteiger partial charge in [0.25, 0.3) is 5.56 Å². The van der Waals surface area contributed by atoms with Crippen LogP contribution in [0.15, 0.2) is 52.2 Å². The van der Waals surface area contributed by atoms with Gasteiger partial charge >= 0.3 is 5.69 Å². The molecule has 1 aliphatic heterocycles. The third-order valence-corrected chi connectivity index (χ3v) is 4.84. The first-order valence-electron chi connectivity index (χ1n) is 8.68. The summed E-state index contributed by atoms with van der Waals surface area (Å²) in [6.07, 6.45) is -0.503. The lowest BCUT2D eigenvalue weighted by atomic mass is 9.99. The van der Waals surface area contributed by atoms with E-state index in [4.69, 9.17) is 18.9 Å². The van der Waals surface area contributed by atoms with Gasteiger partial charge in [-0.2, -0.15) is 0 Å². The lowest BCUT2D eigenvalue weighted by Gasteiger charge is -2.27. The number of methoxy groups -OCH3 is 3. The Labute approximate surface area is 156 Å². The Bertz CT molecular complexity index is 849. The first-order valence-corrected chi connectivity index (χ1v) is 8.68. The molecule has 146 valence electrons. The molecule has 0 aliphatic carbocycles. The number of H-pyrrole nitrogens is 1. The van der Waals surface area contributed by atoms with Crippen LogP contribution in [-0.4, -0.2) is 55.3 Å². The van der Waals surface area contributed by atoms with E-state index in [2.05, 4.69) is 4.98 Å². The van der Waals surface area contributed by atoms with Crippen molar-refractivity contribution in [3.63, 3.8) is 0 Å². The molecule has 0 saturated carbocycles. The molecule has 1 aromatic carbocycles. The molecule has 1 aromatic heterocycles. The van der Waals surface area contributed by atoms with Gasteiger partial charge in [-0.25, -0.2) is 4.79 Å². The highest BCUT2D eigenvalue weighted by atomic mass is 16.6. The maximum atomic E-state index is 12.2. The largest absolute Gasteiger partial charge is 0.378 e. The Morgan fingerprint density at radius 1 is 1.07 bits per heavy atom. The van der Waals surface area contributed by atoms with Crippen LogP contribution in [0.5, 0.6) is 0 Å². The van der Waals surface area contributed by atoms with Gasteiger partial charge in [-0.1, -0.05) is 30.3 Å². The molecular weight excluding hydrogens is 352 g/mol. The van der Waals surface area contributed by atoms with E-state index in [0.29, 0.717) is 6.42 Å². The van der Waals surface area contributed by atoms with Gasteiger partial charge < -0.3 is 18.9 Å². The van der Waals surface area contributed by atoms with Crippen LogP contribution in [0.4, 0.5) is 0 Å². The van der Waals surface area contributed by atoms with Crippen molar-refractivity contribution in [3.05, 3.63) is 69.0 Å². The number of aromatic amines is 1. The van der Waals surface area contributed by atoms with Gasteiger partial charge in [-0.15, -0.1) is 0 Å². The number of rotatable bonds is 7. The predicted molar refractivity (Wildman–Crippen MR) is 97.8 cm³/mol. The van der Waals surface area contributed by atoms with Gasteiger partial charge in [0.05, 0.1) is 6.10 Å². The summed E-state index contributed by atoms with van der Waals surface area (Å²) in [6, 6.07) is 11.2. The Kier molecular flexibility index (Phi) is 6.22. The molecule has 27 heavy (non-hydrogen) atoms. The van der Waals surface area contributed by atoms with Crippen molar-refractivity contribution in [1.82, 2.24) is 9.55 Å². The second kappa shape index (κ2) is 8.62. The van der Waals surface area contributed by atoms with Gasteiger partial charge in [-0.3, -0.25) is 14.3 Å². The van der Waals surface area contributed by atoms with Gasteiger partial charge in [0.15, 0.2) is 6.23 Å². The molecule has 0 radical (unpaired) electrons. The fourth-order valence-electron chi connectivity index (χ4n) is 3.51. The first kappa shape index (κ1) is 19.5. The number of nitrogens with one attached hydrogen (secondary N) is 1. The highest BCUT2D eigenvalue weighted by Crippen LogP contribution is 2.35. The summed E-state index contributed by atoms with van der Waals surface area (Å²) < 4.78 is 24.4. The maximum Gasteiger partial charge on any atom is 0.330 e. The molecule has 0 amide bonds. The molecule has 0 bridgehead atoms. The molecule has 1 N–H and O–H groups in total. The zero-order chi connectivity index (χ0) is 19.4. The summed E-state index contributed by atoms with van der Waals surface area (Å²) in [5, 5.41) is 0. The van der Waals surface area contributed by atoms with Crippen LogP contribution >= 0.6 is 0 Å². The summed E-state index contributed by atoms with van der Waals surface area (Å²) in [7, 11) is 4.72. The molecule has 2 heterocycles. The van der Waals surface area contributed by atoms with Crippen molar-refractivity contribution < 1.29 is 18.9 Å². The molecule has 1 unspecified atom stereocenters. The maximum absolute atomic E-state index is 12.2. The quantitative estimate of drug-likeness (QED) is 0.766. The molecule has 1 saturated heterocycles. The van der Waals surface area contributed by atoms with Crippen LogP contribution < -0.4 is 11.2 Å². The minimum absolute atomic E-state index is 0.307. The smallest absolute Gasteiger partial charge is 0.330 e. The standard InChI is InChI=1S/C19H24N2O6/c1-24-13(11-12-7-5-4-6-8-12)15-16(25-2)17(26-3)18(27-15)21-10-9-14(22)20-19(21)23/h4-10,13,15-18H,11H2,1-3H3,(H,20,22,23)/t13?,15-,16-,17-,18-/m1/s1. The summed E-state index contributed by atoms with van der Waals surface area (Å²) in [6.45, 7) is 0. The van der Waals surface area contributed by atoms with E-state index in [1.165, 1.54) is 23.9 Å². The summed E-state index contributed by atoms with van der Waals surface area (Å²) >= 11 is 0. The van der Waals surface area contributed by atoms with E-state index in [9.17, 15) is 9.59 Å². The number of hydrogen-bond acceptors (Lipinski definition) is 6. The zero-order valence-electron chi connectivity index (χ0n) is 15.5. The number of aromatic nitrogens is 2. The lowest BCUT2D eigenvalue weighted by molar-refractivity contribution is -0.102. The summed E-state index contributed by atoms with van der Waals surface area (Å²) in [5.41, 5.74) is 0.0606. The Hall–Kier alpha value is -2.26. The van der Waals surface area contributed by atoms with E-state index >= 15 is 0 Å². The number of benzene rings is 1. The van der Waals surface area contributed by atoms with Crippen LogP contribution in [0.25, 0.3) is 0 Å². The third-order valence-electron chi connectivity index (χ3n) is 4.84. The highest BCUT2D eigenvalue weighted by molar-refractivity contribution is 5.16. The molecule has 5 atom stereocenters. The SMILES string of the molecule is COC(Cc1ccccc1)[C@H]1O[C@@H](n2ccc(=O)[nH]c2=O)[C@H](OC)[C@@H]1OC. The van der Waals surface area contributed by atoms with Crippen molar-refractivity contribution in [2.75, 3.05) is 21.3 Å². The van der Waals surface area contributed by atoms with E-state index in [1.807, 2.05) is 30.3 Å². The van der Waals surface area contributed by atoms with Gasteiger partial charge in [0, 0.05) is 40.0 Å². The number of ether oxygens (including phenoxy) is 4. The average molecular weight is 376 g/mol. The van der Waals surface area contributed by atoms with Crippen molar-refractivity contribution in [3.8, 4) is 0 Å². The van der Waals surface area contributed by atoms with E-state index in [0.717, 1.165) is 5.56 Å². The zero-order valence-corrected chi connectivity index (χ0v) is 15.5. The molecule has 1 aliphatic rings. The monoisotopic (exact) mass is 376 g/mol. The number of hydrogen-bond donors (Lipinski definition) is 1. The van der Waals surface area contributed by atoms with Crippen molar-refractivity contribution in [1.29, 1.82) is 0 Å². The fourth-order valence-corrected chi connectivity index (χ4v) is 3.51. The topological polar surface area (TPSA) is 91.8 Å². The third kappa shape index (κ3) is 4.03. The highest BCUT2D eigenvalue weighted by Gasteiger charge is 2.49. The van der Waals surface area contributed by atoms with Crippen molar-refractivity contribution in [2.45, 2.75) is 37.1 Å². The van der Waals surface area contributed by atoms with Crippen LogP contribution in [0.3, 0.4) is 0 Å². The summed E-state index contributed by atoms with van der Waals surface area (Å²) in [4.78, 5) is 25.8. The van der Waals surface area contributed by atoms with Crippen LogP contribution in [0, 0.1) is 0 Å². The molecule has 1 fully saturated rings. The van der Waals surface area contributed by atoms with Gasteiger partial charge in [-0.05, 0) is 5.56 Å². The van der Waals surface area contributed by atoms with Crippen LogP contribution in [-0.2, 0) is 25.4 Å². The molecule has 8 heteroatoms. The summed E-state index contributed by atoms with van der Waals surface area (Å²) in [5.74, 6) is 0. The molecule has 3 rings (SSSR count). The van der Waals surface area contributed by atoms with Gasteiger partial charge in [0.1, 0.15) is 18.3 Å². The van der Waals surface area contributed by atoms with E-state index in [-0.39, 0.29) is 6.10 Å². The molecule has 0 spiro atoms.